The van der Waals surface area contributed by atoms with Crippen molar-refractivity contribution >= 4 is 0 Å². The van der Waals surface area contributed by atoms with Crippen LogP contribution in [0.3, 0.4) is 0 Å². The van der Waals surface area contributed by atoms with Crippen molar-refractivity contribution in [2.24, 2.45) is 18.9 Å². The molecule has 0 aliphatic heterocycles. The van der Waals surface area contributed by atoms with Crippen molar-refractivity contribution in [3.8, 4) is 22.9 Å². The molecule has 1 atom stereocenters. The van der Waals surface area contributed by atoms with Crippen molar-refractivity contribution in [3.05, 3.63) is 66.0 Å². The monoisotopic (exact) mass is 481 g/mol. The van der Waals surface area contributed by atoms with E-state index in [1.54, 1.807) is 16.8 Å². The molecule has 3 aromatic rings. The average Bonchev–Trinajstić information content (AvgIpc) is 3.60. The summed E-state index contributed by atoms with van der Waals surface area (Å²) >= 11 is 0. The van der Waals surface area contributed by atoms with E-state index in [1.165, 1.54) is 25.0 Å². The molecular weight excluding hydrogens is 445 g/mol. The largest absolute Gasteiger partial charge is 0.439 e. The predicted molar refractivity (Wildman–Crippen MR) is 135 cm³/mol. The highest BCUT2D eigenvalue weighted by Gasteiger charge is 2.28. The van der Waals surface area contributed by atoms with E-state index in [4.69, 9.17) is 14.6 Å². The molecular formula is C28H36FN3O3. The molecule has 1 aromatic heterocycles. The van der Waals surface area contributed by atoms with Crippen LogP contribution in [0.15, 0.2) is 54.6 Å². The van der Waals surface area contributed by atoms with Gasteiger partial charge in [0, 0.05) is 38.9 Å². The second-order valence-electron chi connectivity index (χ2n) is 9.90. The molecule has 0 spiro atoms. The first kappa shape index (κ1) is 25.4. The molecule has 1 heterocycles. The number of aryl methyl sites for hydroxylation is 1. The Hall–Kier alpha value is -2.74. The van der Waals surface area contributed by atoms with Gasteiger partial charge in [-0.2, -0.15) is 5.10 Å². The van der Waals surface area contributed by atoms with Gasteiger partial charge >= 0.3 is 0 Å². The van der Waals surface area contributed by atoms with Crippen molar-refractivity contribution in [2.75, 3.05) is 26.3 Å². The fourth-order valence-electron chi connectivity index (χ4n) is 4.15. The second-order valence-corrected chi connectivity index (χ2v) is 9.90. The molecule has 2 aromatic carbocycles. The summed E-state index contributed by atoms with van der Waals surface area (Å²) in [6, 6.07) is 16.0. The number of halogens is 1. The minimum Gasteiger partial charge on any atom is -0.439 e. The molecule has 6 nitrogen and oxygen atoms in total. The van der Waals surface area contributed by atoms with E-state index in [-0.39, 0.29) is 5.82 Å². The summed E-state index contributed by atoms with van der Waals surface area (Å²) in [5.74, 6) is 1.93. The van der Waals surface area contributed by atoms with Crippen molar-refractivity contribution < 1.29 is 19.0 Å². The molecule has 35 heavy (non-hydrogen) atoms. The van der Waals surface area contributed by atoms with E-state index in [0.29, 0.717) is 49.8 Å². The lowest BCUT2D eigenvalue weighted by molar-refractivity contribution is 0.00613. The van der Waals surface area contributed by atoms with E-state index in [9.17, 15) is 9.50 Å². The Bertz CT molecular complexity index is 1070. The first-order chi connectivity index (χ1) is 16.9. The molecule has 7 heteroatoms. The Morgan fingerprint density at radius 2 is 1.80 bits per heavy atom. The maximum atomic E-state index is 13.4. The van der Waals surface area contributed by atoms with Crippen LogP contribution in [0, 0.1) is 17.7 Å². The Labute approximate surface area is 207 Å². The maximum absolute atomic E-state index is 13.4. The molecule has 0 amide bonds. The molecule has 188 valence electrons. The highest BCUT2D eigenvalue weighted by atomic mass is 19.1. The van der Waals surface area contributed by atoms with Gasteiger partial charge in [0.05, 0.1) is 18.3 Å². The van der Waals surface area contributed by atoms with Crippen molar-refractivity contribution in [1.29, 1.82) is 0 Å². The zero-order chi connectivity index (χ0) is 24.8. The summed E-state index contributed by atoms with van der Waals surface area (Å²) < 4.78 is 27.1. The Kier molecular flexibility index (Phi) is 8.55. The quantitative estimate of drug-likeness (QED) is 0.361. The topological polar surface area (TPSA) is 59.8 Å². The minimum atomic E-state index is -0.578. The van der Waals surface area contributed by atoms with Crippen LogP contribution in [0.5, 0.6) is 11.6 Å². The predicted octanol–water partition coefficient (Wildman–Crippen LogP) is 5.26. The van der Waals surface area contributed by atoms with Gasteiger partial charge in [-0.1, -0.05) is 44.2 Å². The molecule has 0 radical (unpaired) electrons. The second kappa shape index (κ2) is 11.8. The summed E-state index contributed by atoms with van der Waals surface area (Å²) in [4.78, 5) is 2.28. The van der Waals surface area contributed by atoms with Crippen LogP contribution in [0.4, 0.5) is 4.39 Å². The lowest BCUT2D eigenvalue weighted by atomic mass is 10.1. The van der Waals surface area contributed by atoms with Crippen molar-refractivity contribution in [3.63, 3.8) is 0 Å². The highest BCUT2D eigenvalue weighted by Crippen LogP contribution is 2.36. The number of aliphatic hydroxyl groups is 1. The first-order valence-corrected chi connectivity index (χ1v) is 12.4. The van der Waals surface area contributed by atoms with Crippen LogP contribution < -0.4 is 4.74 Å². The van der Waals surface area contributed by atoms with Crippen LogP contribution in [-0.4, -0.2) is 52.2 Å². The van der Waals surface area contributed by atoms with Gasteiger partial charge in [0.15, 0.2) is 0 Å². The van der Waals surface area contributed by atoms with Crippen molar-refractivity contribution in [1.82, 2.24) is 14.7 Å². The summed E-state index contributed by atoms with van der Waals surface area (Å²) in [6.45, 7) is 7.14. The number of nitrogens with zero attached hydrogens (tertiary/aromatic N) is 3. The zero-order valence-electron chi connectivity index (χ0n) is 20.9. The SMILES string of the molecule is CC(C)COCC(O)CN(Cc1c(-c2ccccc2)nn(C)c1Oc1ccc(F)cc1)CC1CC1. The fraction of sp³-hybridized carbons (Fsp3) is 0.464. The fourth-order valence-corrected chi connectivity index (χ4v) is 4.15. The van der Waals surface area contributed by atoms with Gasteiger partial charge in [-0.15, -0.1) is 0 Å². The van der Waals surface area contributed by atoms with Gasteiger partial charge in [0.2, 0.25) is 5.88 Å². The number of hydrogen-bond donors (Lipinski definition) is 1. The van der Waals surface area contributed by atoms with Crippen LogP contribution in [0.25, 0.3) is 11.3 Å². The molecule has 1 saturated carbocycles. The number of aliphatic hydroxyl groups excluding tert-OH is 1. The first-order valence-electron chi connectivity index (χ1n) is 12.4. The third kappa shape index (κ3) is 7.37. The maximum Gasteiger partial charge on any atom is 0.222 e. The Morgan fingerprint density at radius 1 is 1.09 bits per heavy atom. The lowest BCUT2D eigenvalue weighted by Gasteiger charge is -2.26. The average molecular weight is 482 g/mol. The summed E-state index contributed by atoms with van der Waals surface area (Å²) in [5, 5.41) is 15.5. The third-order valence-corrected chi connectivity index (χ3v) is 5.99. The molecule has 1 N–H and O–H groups in total. The van der Waals surface area contributed by atoms with Gasteiger partial charge in [-0.25, -0.2) is 9.07 Å². The third-order valence-electron chi connectivity index (χ3n) is 5.99. The molecule has 1 fully saturated rings. The van der Waals surface area contributed by atoms with Crippen molar-refractivity contribution in [2.45, 2.75) is 39.3 Å². The van der Waals surface area contributed by atoms with E-state index in [2.05, 4.69) is 18.7 Å². The standard InChI is InChI=1S/C28H36FN3O3/c1-20(2)18-34-19-24(33)16-32(15-21-9-10-21)17-26-27(22-7-5-4-6-8-22)30-31(3)28(26)35-25-13-11-23(29)12-14-25/h4-8,11-14,20-21,24,33H,9-10,15-19H2,1-3H3. The molecule has 4 rings (SSSR count). The van der Waals surface area contributed by atoms with Gasteiger partial charge in [-0.3, -0.25) is 4.90 Å². The van der Waals surface area contributed by atoms with Gasteiger partial charge in [0.1, 0.15) is 17.3 Å². The highest BCUT2D eigenvalue weighted by molar-refractivity contribution is 5.65. The number of benzene rings is 2. The molecule has 1 aliphatic rings. The van der Waals surface area contributed by atoms with Crippen LogP contribution >= 0.6 is 0 Å². The van der Waals surface area contributed by atoms with Gasteiger partial charge in [0.25, 0.3) is 0 Å². The molecule has 1 aliphatic carbocycles. The lowest BCUT2D eigenvalue weighted by Crippen LogP contribution is -2.36. The van der Waals surface area contributed by atoms with E-state index in [1.807, 2.05) is 37.4 Å². The smallest absolute Gasteiger partial charge is 0.222 e. The van der Waals surface area contributed by atoms with E-state index in [0.717, 1.165) is 23.4 Å². The summed E-state index contributed by atoms with van der Waals surface area (Å²) in [5.41, 5.74) is 2.79. The minimum absolute atomic E-state index is 0.308. The number of hydrogen-bond acceptors (Lipinski definition) is 5. The van der Waals surface area contributed by atoms with Crippen LogP contribution in [0.1, 0.15) is 32.3 Å². The summed E-state index contributed by atoms with van der Waals surface area (Å²) in [7, 11) is 1.86. The van der Waals surface area contributed by atoms with E-state index >= 15 is 0 Å². The number of rotatable bonds is 13. The number of aromatic nitrogens is 2. The zero-order valence-corrected chi connectivity index (χ0v) is 20.9. The van der Waals surface area contributed by atoms with Gasteiger partial charge < -0.3 is 14.6 Å². The Balaban J connectivity index is 1.60. The molecule has 0 bridgehead atoms. The van der Waals surface area contributed by atoms with Crippen LogP contribution in [-0.2, 0) is 18.3 Å². The summed E-state index contributed by atoms with van der Waals surface area (Å²) in [6.07, 6.45) is 1.85. The van der Waals surface area contributed by atoms with E-state index < -0.39 is 6.10 Å². The normalized spacial score (nSPS) is 14.6. The Morgan fingerprint density at radius 3 is 2.46 bits per heavy atom. The molecule has 1 unspecified atom stereocenters. The molecule has 0 saturated heterocycles. The van der Waals surface area contributed by atoms with Gasteiger partial charge in [-0.05, 0) is 48.9 Å². The number of ether oxygens (including phenoxy) is 2. The van der Waals surface area contributed by atoms with Crippen LogP contribution in [0.2, 0.25) is 0 Å².